The molecule has 1 aliphatic carbocycles. The summed E-state index contributed by atoms with van der Waals surface area (Å²) in [4.78, 5) is 12.7. The van der Waals surface area contributed by atoms with Gasteiger partial charge in [0.1, 0.15) is 4.90 Å². The zero-order valence-corrected chi connectivity index (χ0v) is 16.9. The predicted molar refractivity (Wildman–Crippen MR) is 102 cm³/mol. The molecule has 4 rings (SSSR count). The lowest BCUT2D eigenvalue weighted by Crippen LogP contribution is -2.40. The molecule has 2 N–H and O–H groups in total. The van der Waals surface area contributed by atoms with Crippen molar-refractivity contribution in [2.24, 2.45) is 0 Å². The van der Waals surface area contributed by atoms with E-state index in [1.807, 2.05) is 0 Å². The number of nitrogens with one attached hydrogen (secondary N) is 2. The summed E-state index contributed by atoms with van der Waals surface area (Å²) in [6.45, 7) is 4.44. The molecule has 2 aromatic rings. The number of aromatic amines is 1. The lowest BCUT2D eigenvalue weighted by molar-refractivity contribution is 0.107. The summed E-state index contributed by atoms with van der Waals surface area (Å²) in [6, 6.07) is 1.47. The van der Waals surface area contributed by atoms with Crippen molar-refractivity contribution in [1.29, 1.82) is 0 Å². The minimum Gasteiger partial charge on any atom is -0.376 e. The number of rotatable bonds is 4. The lowest BCUT2D eigenvalue weighted by Gasteiger charge is -2.30. The number of ether oxygens (including phenoxy) is 1. The summed E-state index contributed by atoms with van der Waals surface area (Å²) in [5.41, 5.74) is 2.69. The number of hydrogen-bond acceptors (Lipinski definition) is 6. The van der Waals surface area contributed by atoms with Crippen LogP contribution in [-0.2, 0) is 27.8 Å². The molecule has 0 radical (unpaired) electrons. The molecule has 28 heavy (non-hydrogen) atoms. The molecular weight excluding hydrogens is 382 g/mol. The molecule has 3 heterocycles. The Balaban J connectivity index is 1.45. The molecule has 152 valence electrons. The highest BCUT2D eigenvalue weighted by Crippen LogP contribution is 2.29. The number of hydrogen-bond donors (Lipinski definition) is 2. The van der Waals surface area contributed by atoms with E-state index in [1.54, 1.807) is 24.6 Å². The van der Waals surface area contributed by atoms with Crippen LogP contribution in [0.4, 0.5) is 0 Å². The van der Waals surface area contributed by atoms with E-state index >= 15 is 0 Å². The van der Waals surface area contributed by atoms with Gasteiger partial charge in [-0.05, 0) is 39.5 Å². The third-order valence-corrected chi connectivity index (χ3v) is 7.34. The van der Waals surface area contributed by atoms with Gasteiger partial charge in [0.25, 0.3) is 5.56 Å². The first-order valence-corrected chi connectivity index (χ1v) is 11.1. The minimum atomic E-state index is -3.62. The van der Waals surface area contributed by atoms with Crippen LogP contribution in [0.1, 0.15) is 54.4 Å². The second kappa shape index (κ2) is 7.41. The van der Waals surface area contributed by atoms with E-state index < -0.39 is 10.0 Å². The third-order valence-electron chi connectivity index (χ3n) is 5.56. The van der Waals surface area contributed by atoms with Gasteiger partial charge in [-0.1, -0.05) is 0 Å². The maximum Gasteiger partial charge on any atom is 0.267 e. The number of aromatic nitrogens is 4. The minimum absolute atomic E-state index is 0.00111. The highest BCUT2D eigenvalue weighted by atomic mass is 32.2. The van der Waals surface area contributed by atoms with Crippen molar-refractivity contribution < 1.29 is 13.2 Å². The van der Waals surface area contributed by atoms with Crippen LogP contribution < -0.4 is 10.3 Å². The standard InChI is InChI=1S/C18H25N5O4S/c1-11-18(12(2)20-19-11)28(25,26)22-14-3-5-15(6-4-14)23-17(24)9-13-10-27-8-7-16(13)21-23/h9,14-15,22H,3-8,10H2,1-2H3,(H,19,20). The molecule has 0 unspecified atom stereocenters. The van der Waals surface area contributed by atoms with Gasteiger partial charge in [-0.3, -0.25) is 9.89 Å². The largest absolute Gasteiger partial charge is 0.376 e. The zero-order chi connectivity index (χ0) is 19.9. The Morgan fingerprint density at radius 2 is 2.00 bits per heavy atom. The molecule has 0 atom stereocenters. The van der Waals surface area contributed by atoms with E-state index in [-0.39, 0.29) is 22.5 Å². The normalized spacial score (nSPS) is 22.8. The van der Waals surface area contributed by atoms with Crippen LogP contribution in [0.15, 0.2) is 15.8 Å². The molecule has 1 saturated carbocycles. The van der Waals surface area contributed by atoms with Gasteiger partial charge in [0.15, 0.2) is 0 Å². The molecule has 0 saturated heterocycles. The van der Waals surface area contributed by atoms with Gasteiger partial charge in [0, 0.05) is 24.1 Å². The van der Waals surface area contributed by atoms with Crippen molar-refractivity contribution >= 4 is 10.0 Å². The molecule has 10 heteroatoms. The molecule has 1 aliphatic heterocycles. The molecule has 2 aromatic heterocycles. The molecule has 9 nitrogen and oxygen atoms in total. The molecular formula is C18H25N5O4S. The molecule has 0 spiro atoms. The second-order valence-electron chi connectivity index (χ2n) is 7.59. The summed E-state index contributed by atoms with van der Waals surface area (Å²) in [6.07, 6.45) is 3.45. The maximum atomic E-state index is 12.7. The van der Waals surface area contributed by atoms with Crippen LogP contribution in [0.25, 0.3) is 0 Å². The number of fused-ring (bicyclic) bond motifs is 1. The molecule has 0 bridgehead atoms. The first-order valence-electron chi connectivity index (χ1n) is 9.58. The Kier molecular flexibility index (Phi) is 5.11. The van der Waals surface area contributed by atoms with Gasteiger partial charge in [-0.15, -0.1) is 0 Å². The molecule has 2 aliphatic rings. The number of H-pyrrole nitrogens is 1. The van der Waals surface area contributed by atoms with E-state index in [9.17, 15) is 13.2 Å². The van der Waals surface area contributed by atoms with Gasteiger partial charge < -0.3 is 4.74 Å². The van der Waals surface area contributed by atoms with Crippen molar-refractivity contribution in [2.45, 2.75) is 69.5 Å². The summed E-state index contributed by atoms with van der Waals surface area (Å²) >= 11 is 0. The predicted octanol–water partition coefficient (Wildman–Crippen LogP) is 1.12. The van der Waals surface area contributed by atoms with Gasteiger partial charge in [0.05, 0.1) is 36.3 Å². The van der Waals surface area contributed by atoms with Crippen LogP contribution >= 0.6 is 0 Å². The van der Waals surface area contributed by atoms with Crippen molar-refractivity contribution in [2.75, 3.05) is 6.61 Å². The van der Waals surface area contributed by atoms with E-state index in [0.717, 1.165) is 11.3 Å². The second-order valence-corrected chi connectivity index (χ2v) is 9.24. The summed E-state index contributed by atoms with van der Waals surface area (Å²) in [7, 11) is -3.62. The summed E-state index contributed by atoms with van der Waals surface area (Å²) in [5.74, 6) is 0. The highest BCUT2D eigenvalue weighted by molar-refractivity contribution is 7.89. The maximum absolute atomic E-state index is 12.7. The lowest BCUT2D eigenvalue weighted by atomic mass is 9.92. The van der Waals surface area contributed by atoms with Crippen molar-refractivity contribution in [1.82, 2.24) is 24.7 Å². The van der Waals surface area contributed by atoms with Gasteiger partial charge in [-0.25, -0.2) is 17.8 Å². The first-order chi connectivity index (χ1) is 13.3. The van der Waals surface area contributed by atoms with Gasteiger partial charge in [0.2, 0.25) is 10.0 Å². The van der Waals surface area contributed by atoms with Crippen LogP contribution in [0.5, 0.6) is 0 Å². The number of sulfonamides is 1. The fourth-order valence-corrected chi connectivity index (χ4v) is 5.82. The summed E-state index contributed by atoms with van der Waals surface area (Å²) in [5, 5.41) is 11.3. The topological polar surface area (TPSA) is 119 Å². The Morgan fingerprint density at radius 3 is 2.68 bits per heavy atom. The Hall–Kier alpha value is -2.04. The Morgan fingerprint density at radius 1 is 1.25 bits per heavy atom. The van der Waals surface area contributed by atoms with Crippen LogP contribution in [0, 0.1) is 13.8 Å². The average molecular weight is 407 g/mol. The fraction of sp³-hybridized carbons (Fsp3) is 0.611. The monoisotopic (exact) mass is 407 g/mol. The number of nitrogens with zero attached hydrogens (tertiary/aromatic N) is 3. The highest BCUT2D eigenvalue weighted by Gasteiger charge is 2.30. The molecule has 1 fully saturated rings. The van der Waals surface area contributed by atoms with E-state index in [0.29, 0.717) is 56.7 Å². The zero-order valence-electron chi connectivity index (χ0n) is 16.1. The van der Waals surface area contributed by atoms with Crippen LogP contribution in [0.3, 0.4) is 0 Å². The van der Waals surface area contributed by atoms with E-state index in [4.69, 9.17) is 4.74 Å². The van der Waals surface area contributed by atoms with Gasteiger partial charge in [-0.2, -0.15) is 10.2 Å². The first kappa shape index (κ1) is 19.3. The molecule has 0 aromatic carbocycles. The SMILES string of the molecule is Cc1n[nH]c(C)c1S(=O)(=O)NC1CCC(n2nc3c(cc2=O)COCC3)CC1. The average Bonchev–Trinajstić information content (AvgIpc) is 3.01. The fourth-order valence-electron chi connectivity index (χ4n) is 4.14. The Bertz CT molecular complexity index is 1020. The van der Waals surface area contributed by atoms with E-state index in [1.165, 1.54) is 0 Å². The quantitative estimate of drug-likeness (QED) is 0.784. The molecule has 0 amide bonds. The van der Waals surface area contributed by atoms with Crippen LogP contribution in [0.2, 0.25) is 0 Å². The summed E-state index contributed by atoms with van der Waals surface area (Å²) < 4.78 is 35.2. The Labute approximate surface area is 163 Å². The smallest absolute Gasteiger partial charge is 0.267 e. The van der Waals surface area contributed by atoms with E-state index in [2.05, 4.69) is 20.0 Å². The third kappa shape index (κ3) is 3.63. The van der Waals surface area contributed by atoms with Gasteiger partial charge >= 0.3 is 0 Å². The van der Waals surface area contributed by atoms with Crippen molar-refractivity contribution in [3.8, 4) is 0 Å². The van der Waals surface area contributed by atoms with Crippen LogP contribution in [-0.4, -0.2) is 41.0 Å². The van der Waals surface area contributed by atoms with Crippen molar-refractivity contribution in [3.05, 3.63) is 39.1 Å². The van der Waals surface area contributed by atoms with Crippen molar-refractivity contribution in [3.63, 3.8) is 0 Å². The number of aryl methyl sites for hydroxylation is 2.